The lowest BCUT2D eigenvalue weighted by Crippen LogP contribution is -2.23. The van der Waals surface area contributed by atoms with Crippen molar-refractivity contribution in [3.8, 4) is 5.75 Å². The number of esters is 2. The maximum atomic E-state index is 13.5. The molecule has 0 unspecified atom stereocenters. The van der Waals surface area contributed by atoms with Crippen LogP contribution in [0.15, 0.2) is 54.6 Å². The molecule has 2 rings (SSSR count). The molecule has 108 valence electrons. The average Bonchev–Trinajstić information content (AvgIpc) is 2.48. The maximum Gasteiger partial charge on any atom is 0.357 e. The van der Waals surface area contributed by atoms with Crippen molar-refractivity contribution in [2.75, 3.05) is 0 Å². The Hall–Kier alpha value is -2.69. The molecule has 0 saturated carbocycles. The topological polar surface area (TPSA) is 52.6 Å². The first-order chi connectivity index (χ1) is 10.1. The van der Waals surface area contributed by atoms with E-state index < -0.39 is 23.9 Å². The van der Waals surface area contributed by atoms with Crippen LogP contribution in [0.1, 0.15) is 18.6 Å². The van der Waals surface area contributed by atoms with Crippen LogP contribution in [0, 0.1) is 5.82 Å². The normalized spacial score (nSPS) is 11.5. The summed E-state index contributed by atoms with van der Waals surface area (Å²) < 4.78 is 23.4. The molecule has 2 aromatic carbocycles. The highest BCUT2D eigenvalue weighted by atomic mass is 19.1. The third-order valence-electron chi connectivity index (χ3n) is 2.65. The fraction of sp³-hybridized carbons (Fsp3) is 0.125. The van der Waals surface area contributed by atoms with Crippen molar-refractivity contribution in [1.82, 2.24) is 0 Å². The van der Waals surface area contributed by atoms with E-state index in [9.17, 15) is 14.0 Å². The second-order valence-corrected chi connectivity index (χ2v) is 4.25. The molecule has 21 heavy (non-hydrogen) atoms. The maximum absolute atomic E-state index is 13.5. The highest BCUT2D eigenvalue weighted by Gasteiger charge is 2.26. The van der Waals surface area contributed by atoms with Crippen molar-refractivity contribution < 1.29 is 23.5 Å². The molecule has 0 N–H and O–H groups in total. The van der Waals surface area contributed by atoms with Gasteiger partial charge in [0.1, 0.15) is 0 Å². The van der Waals surface area contributed by atoms with E-state index in [4.69, 9.17) is 9.47 Å². The van der Waals surface area contributed by atoms with Gasteiger partial charge in [0, 0.05) is 12.5 Å². The minimum Gasteiger partial charge on any atom is -0.446 e. The lowest BCUT2D eigenvalue weighted by Gasteiger charge is -2.16. The predicted octanol–water partition coefficient (Wildman–Crippen LogP) is 3.04. The van der Waals surface area contributed by atoms with Crippen molar-refractivity contribution in [3.05, 3.63) is 66.0 Å². The van der Waals surface area contributed by atoms with Gasteiger partial charge in [-0.2, -0.15) is 0 Å². The van der Waals surface area contributed by atoms with Crippen LogP contribution in [0.3, 0.4) is 0 Å². The van der Waals surface area contributed by atoms with Crippen molar-refractivity contribution >= 4 is 11.9 Å². The minimum absolute atomic E-state index is 0.212. The molecule has 0 saturated heterocycles. The Bertz CT molecular complexity index is 640. The van der Waals surface area contributed by atoms with Crippen LogP contribution < -0.4 is 4.74 Å². The summed E-state index contributed by atoms with van der Waals surface area (Å²) >= 11 is 0. The molecule has 5 heteroatoms. The first kappa shape index (κ1) is 14.7. The van der Waals surface area contributed by atoms with Crippen molar-refractivity contribution in [3.63, 3.8) is 0 Å². The molecular formula is C16H13FO4. The number of rotatable bonds is 4. The van der Waals surface area contributed by atoms with Crippen molar-refractivity contribution in [2.24, 2.45) is 0 Å². The summed E-state index contributed by atoms with van der Waals surface area (Å²) in [5, 5.41) is 0. The summed E-state index contributed by atoms with van der Waals surface area (Å²) in [6.07, 6.45) is -1.23. The van der Waals surface area contributed by atoms with Gasteiger partial charge in [-0.3, -0.25) is 4.79 Å². The quantitative estimate of drug-likeness (QED) is 0.641. The van der Waals surface area contributed by atoms with E-state index >= 15 is 0 Å². The third kappa shape index (κ3) is 3.89. The number of hydrogen-bond donors (Lipinski definition) is 0. The highest BCUT2D eigenvalue weighted by Crippen LogP contribution is 2.23. The zero-order valence-electron chi connectivity index (χ0n) is 11.3. The SMILES string of the molecule is CC(=O)O[C@H](C(=O)Oc1ccccc1F)c1ccccc1. The van der Waals surface area contributed by atoms with E-state index in [-0.39, 0.29) is 5.75 Å². The summed E-state index contributed by atoms with van der Waals surface area (Å²) in [5.74, 6) is -2.37. The Labute approximate surface area is 121 Å². The fourth-order valence-corrected chi connectivity index (χ4v) is 1.74. The Morgan fingerprint density at radius 3 is 2.24 bits per heavy atom. The largest absolute Gasteiger partial charge is 0.446 e. The number of carbonyl (C=O) groups excluding carboxylic acids is 2. The zero-order valence-corrected chi connectivity index (χ0v) is 11.3. The van der Waals surface area contributed by atoms with Gasteiger partial charge in [0.15, 0.2) is 11.6 Å². The number of benzene rings is 2. The molecule has 0 aliphatic carbocycles. The van der Waals surface area contributed by atoms with Crippen LogP contribution in [-0.4, -0.2) is 11.9 Å². The summed E-state index contributed by atoms with van der Waals surface area (Å²) in [4.78, 5) is 23.3. The summed E-state index contributed by atoms with van der Waals surface area (Å²) in [6, 6.07) is 13.9. The number of para-hydroxylation sites is 1. The van der Waals surface area contributed by atoms with Crippen LogP contribution in [-0.2, 0) is 14.3 Å². The van der Waals surface area contributed by atoms with E-state index in [2.05, 4.69) is 0 Å². The summed E-state index contributed by atoms with van der Waals surface area (Å²) in [7, 11) is 0. The van der Waals surface area contributed by atoms with E-state index in [1.165, 1.54) is 31.2 Å². The molecular weight excluding hydrogens is 275 g/mol. The highest BCUT2D eigenvalue weighted by molar-refractivity contribution is 5.81. The van der Waals surface area contributed by atoms with E-state index in [0.717, 1.165) is 0 Å². The van der Waals surface area contributed by atoms with Gasteiger partial charge in [0.05, 0.1) is 0 Å². The van der Waals surface area contributed by atoms with Crippen LogP contribution >= 0.6 is 0 Å². The van der Waals surface area contributed by atoms with Crippen LogP contribution in [0.5, 0.6) is 5.75 Å². The predicted molar refractivity (Wildman–Crippen MR) is 73.0 cm³/mol. The lowest BCUT2D eigenvalue weighted by molar-refractivity contribution is -0.161. The third-order valence-corrected chi connectivity index (χ3v) is 2.65. The molecule has 0 amide bonds. The first-order valence-corrected chi connectivity index (χ1v) is 6.26. The number of halogens is 1. The van der Waals surface area contributed by atoms with Gasteiger partial charge >= 0.3 is 11.9 Å². The summed E-state index contributed by atoms with van der Waals surface area (Å²) in [6.45, 7) is 1.19. The van der Waals surface area contributed by atoms with E-state index in [1.54, 1.807) is 30.3 Å². The molecule has 2 aromatic rings. The van der Waals surface area contributed by atoms with Gasteiger partial charge in [-0.25, -0.2) is 9.18 Å². The molecule has 0 radical (unpaired) electrons. The molecule has 0 aromatic heterocycles. The van der Waals surface area contributed by atoms with E-state index in [0.29, 0.717) is 5.56 Å². The van der Waals surface area contributed by atoms with Gasteiger partial charge in [0.2, 0.25) is 6.10 Å². The van der Waals surface area contributed by atoms with Crippen LogP contribution in [0.4, 0.5) is 4.39 Å². The number of carbonyl (C=O) groups is 2. The second-order valence-electron chi connectivity index (χ2n) is 4.25. The molecule has 4 nitrogen and oxygen atoms in total. The molecule has 0 aliphatic heterocycles. The van der Waals surface area contributed by atoms with Crippen LogP contribution in [0.25, 0.3) is 0 Å². The van der Waals surface area contributed by atoms with Gasteiger partial charge in [-0.15, -0.1) is 0 Å². The summed E-state index contributed by atoms with van der Waals surface area (Å²) in [5.41, 5.74) is 0.453. The molecule has 0 bridgehead atoms. The Morgan fingerprint density at radius 2 is 1.62 bits per heavy atom. The average molecular weight is 288 g/mol. The molecule has 1 atom stereocenters. The number of ether oxygens (including phenoxy) is 2. The van der Waals surface area contributed by atoms with E-state index in [1.807, 2.05) is 0 Å². The Balaban J connectivity index is 2.23. The molecule has 0 spiro atoms. The monoisotopic (exact) mass is 288 g/mol. The second kappa shape index (κ2) is 6.65. The minimum atomic E-state index is -1.23. The fourth-order valence-electron chi connectivity index (χ4n) is 1.74. The van der Waals surface area contributed by atoms with Crippen LogP contribution in [0.2, 0.25) is 0 Å². The number of hydrogen-bond acceptors (Lipinski definition) is 4. The smallest absolute Gasteiger partial charge is 0.357 e. The van der Waals surface area contributed by atoms with Crippen molar-refractivity contribution in [1.29, 1.82) is 0 Å². The zero-order chi connectivity index (χ0) is 15.2. The van der Waals surface area contributed by atoms with Gasteiger partial charge in [-0.1, -0.05) is 42.5 Å². The molecule has 0 fully saturated rings. The Morgan fingerprint density at radius 1 is 1.00 bits per heavy atom. The molecule has 0 heterocycles. The van der Waals surface area contributed by atoms with Gasteiger partial charge < -0.3 is 9.47 Å². The molecule has 0 aliphatic rings. The Kier molecular flexibility index (Phi) is 4.66. The van der Waals surface area contributed by atoms with Gasteiger partial charge in [-0.05, 0) is 12.1 Å². The van der Waals surface area contributed by atoms with Crippen molar-refractivity contribution in [2.45, 2.75) is 13.0 Å². The first-order valence-electron chi connectivity index (χ1n) is 6.26. The standard InChI is InChI=1S/C16H13FO4/c1-11(18)20-15(12-7-3-2-4-8-12)16(19)21-14-10-6-5-9-13(14)17/h2-10,15H,1H3/t15-/m0/s1. The van der Waals surface area contributed by atoms with Gasteiger partial charge in [0.25, 0.3) is 0 Å². The lowest BCUT2D eigenvalue weighted by atomic mass is 10.1.